The van der Waals surface area contributed by atoms with E-state index in [1.54, 1.807) is 19.2 Å². The van der Waals surface area contributed by atoms with Crippen LogP contribution in [-0.2, 0) is 10.0 Å². The third-order valence-electron chi connectivity index (χ3n) is 5.47. The molecule has 0 bridgehead atoms. The van der Waals surface area contributed by atoms with Gasteiger partial charge in [0.1, 0.15) is 10.6 Å². The molecule has 0 N–H and O–H groups in total. The number of hydrogen-bond donors (Lipinski definition) is 0. The van der Waals surface area contributed by atoms with Gasteiger partial charge in [-0.3, -0.25) is 4.79 Å². The van der Waals surface area contributed by atoms with Crippen molar-refractivity contribution in [1.82, 2.24) is 4.31 Å². The summed E-state index contributed by atoms with van der Waals surface area (Å²) in [5.41, 5.74) is 2.14. The highest BCUT2D eigenvalue weighted by atomic mass is 32.2. The molecule has 7 heteroatoms. The van der Waals surface area contributed by atoms with Gasteiger partial charge in [-0.05, 0) is 57.0 Å². The molecular weight excluding hydrogens is 388 g/mol. The minimum absolute atomic E-state index is 0.0388. The number of benzene rings is 2. The van der Waals surface area contributed by atoms with Crippen LogP contribution in [0, 0.1) is 6.92 Å². The molecule has 1 atom stereocenters. The van der Waals surface area contributed by atoms with Crippen molar-refractivity contribution >= 4 is 21.6 Å². The first kappa shape index (κ1) is 21.3. The van der Waals surface area contributed by atoms with Crippen molar-refractivity contribution < 1.29 is 17.9 Å². The van der Waals surface area contributed by atoms with E-state index in [0.29, 0.717) is 12.1 Å². The molecule has 6 nitrogen and oxygen atoms in total. The highest BCUT2D eigenvalue weighted by molar-refractivity contribution is 7.89. The lowest BCUT2D eigenvalue weighted by molar-refractivity contribution is 0.0992. The summed E-state index contributed by atoms with van der Waals surface area (Å²) >= 11 is 0. The van der Waals surface area contributed by atoms with Gasteiger partial charge in [0.05, 0.1) is 7.11 Å². The van der Waals surface area contributed by atoms with Gasteiger partial charge in [-0.15, -0.1) is 0 Å². The van der Waals surface area contributed by atoms with E-state index < -0.39 is 10.0 Å². The number of piperidine rings is 1. The quantitative estimate of drug-likeness (QED) is 0.743. The third kappa shape index (κ3) is 4.31. The molecule has 0 radical (unpaired) electrons. The summed E-state index contributed by atoms with van der Waals surface area (Å²) in [6, 6.07) is 12.1. The first-order chi connectivity index (χ1) is 13.8. The number of aryl methyl sites for hydroxylation is 1. The zero-order chi connectivity index (χ0) is 21.2. The molecule has 1 aliphatic heterocycles. The Kier molecular flexibility index (Phi) is 6.29. The molecule has 0 spiro atoms. The van der Waals surface area contributed by atoms with E-state index in [2.05, 4.69) is 0 Å². The molecule has 1 heterocycles. The van der Waals surface area contributed by atoms with Gasteiger partial charge in [0.25, 0.3) is 5.91 Å². The topological polar surface area (TPSA) is 66.9 Å². The van der Waals surface area contributed by atoms with Crippen LogP contribution in [0.3, 0.4) is 0 Å². The maximum atomic E-state index is 13.4. The van der Waals surface area contributed by atoms with Gasteiger partial charge < -0.3 is 9.64 Å². The monoisotopic (exact) mass is 416 g/mol. The molecule has 0 aliphatic carbocycles. The normalized spacial score (nSPS) is 17.7. The van der Waals surface area contributed by atoms with Crippen LogP contribution in [0.5, 0.6) is 5.75 Å². The van der Waals surface area contributed by atoms with Gasteiger partial charge in [-0.25, -0.2) is 8.42 Å². The molecule has 3 rings (SSSR count). The van der Waals surface area contributed by atoms with Gasteiger partial charge in [0.2, 0.25) is 10.0 Å². The van der Waals surface area contributed by atoms with Gasteiger partial charge in [-0.2, -0.15) is 4.31 Å². The number of nitrogens with zero attached hydrogens (tertiary/aromatic N) is 2. The predicted molar refractivity (Wildman–Crippen MR) is 114 cm³/mol. The number of sulfonamides is 1. The SMILES string of the molecule is COc1ccc(C(=O)N(C)c2ccc(C)cc2)cc1S(=O)(=O)N1CCCCC1C. The number of carbonyl (C=O) groups is 1. The van der Waals surface area contributed by atoms with Crippen LogP contribution in [0.15, 0.2) is 47.4 Å². The minimum atomic E-state index is -3.77. The van der Waals surface area contributed by atoms with Crippen molar-refractivity contribution in [3.05, 3.63) is 53.6 Å². The van der Waals surface area contributed by atoms with Crippen LogP contribution in [-0.4, -0.2) is 45.4 Å². The van der Waals surface area contributed by atoms with Gasteiger partial charge in [-0.1, -0.05) is 24.1 Å². The maximum absolute atomic E-state index is 13.4. The summed E-state index contributed by atoms with van der Waals surface area (Å²) < 4.78 is 33.5. The van der Waals surface area contributed by atoms with Crippen LogP contribution >= 0.6 is 0 Å². The molecule has 156 valence electrons. The van der Waals surface area contributed by atoms with Crippen molar-refractivity contribution in [2.24, 2.45) is 0 Å². The molecule has 1 aliphatic rings. The van der Waals surface area contributed by atoms with E-state index in [0.717, 1.165) is 30.5 Å². The van der Waals surface area contributed by atoms with E-state index in [4.69, 9.17) is 4.74 Å². The predicted octanol–water partition coefficient (Wildman–Crippen LogP) is 3.84. The Morgan fingerprint density at radius 3 is 2.45 bits per heavy atom. The van der Waals surface area contributed by atoms with Crippen LogP contribution in [0.2, 0.25) is 0 Å². The largest absolute Gasteiger partial charge is 0.495 e. The van der Waals surface area contributed by atoms with Crippen molar-refractivity contribution in [2.75, 3.05) is 25.6 Å². The molecule has 0 saturated carbocycles. The van der Waals surface area contributed by atoms with E-state index >= 15 is 0 Å². The Morgan fingerprint density at radius 1 is 1.14 bits per heavy atom. The summed E-state index contributed by atoms with van der Waals surface area (Å²) in [6.07, 6.45) is 2.68. The number of carbonyl (C=O) groups excluding carboxylic acids is 1. The molecule has 1 amide bonds. The average molecular weight is 417 g/mol. The van der Waals surface area contributed by atoms with Crippen molar-refractivity contribution in [2.45, 2.75) is 44.0 Å². The Bertz CT molecular complexity index is 986. The number of hydrogen-bond acceptors (Lipinski definition) is 4. The van der Waals surface area contributed by atoms with Gasteiger partial charge in [0.15, 0.2) is 0 Å². The average Bonchev–Trinajstić information content (AvgIpc) is 2.73. The maximum Gasteiger partial charge on any atom is 0.258 e. The molecule has 1 fully saturated rings. The minimum Gasteiger partial charge on any atom is -0.495 e. The second-order valence-electron chi connectivity index (χ2n) is 7.53. The van der Waals surface area contributed by atoms with E-state index in [1.165, 1.54) is 22.4 Å². The number of ether oxygens (including phenoxy) is 1. The second kappa shape index (κ2) is 8.55. The fourth-order valence-electron chi connectivity index (χ4n) is 3.65. The van der Waals surface area contributed by atoms with Crippen LogP contribution in [0.1, 0.15) is 42.1 Å². The van der Waals surface area contributed by atoms with Crippen LogP contribution in [0.4, 0.5) is 5.69 Å². The van der Waals surface area contributed by atoms with Gasteiger partial charge >= 0.3 is 0 Å². The van der Waals surface area contributed by atoms with Crippen molar-refractivity contribution in [3.63, 3.8) is 0 Å². The third-order valence-corrected chi connectivity index (χ3v) is 7.50. The van der Waals surface area contributed by atoms with Crippen LogP contribution < -0.4 is 9.64 Å². The molecule has 29 heavy (non-hydrogen) atoms. The second-order valence-corrected chi connectivity index (χ2v) is 9.38. The first-order valence-corrected chi connectivity index (χ1v) is 11.2. The lowest BCUT2D eigenvalue weighted by Crippen LogP contribution is -2.42. The number of methoxy groups -OCH3 is 1. The molecule has 0 aromatic heterocycles. The van der Waals surface area contributed by atoms with E-state index in [1.807, 2.05) is 38.1 Å². The summed E-state index contributed by atoms with van der Waals surface area (Å²) in [5, 5.41) is 0. The lowest BCUT2D eigenvalue weighted by Gasteiger charge is -2.32. The van der Waals surface area contributed by atoms with Gasteiger partial charge in [0, 0.05) is 30.9 Å². The zero-order valence-electron chi connectivity index (χ0n) is 17.4. The Labute approximate surface area is 173 Å². The number of rotatable bonds is 5. The highest BCUT2D eigenvalue weighted by Gasteiger charge is 2.33. The number of anilines is 1. The fourth-order valence-corrected chi connectivity index (χ4v) is 5.53. The molecular formula is C22H28N2O4S. The molecule has 1 saturated heterocycles. The smallest absolute Gasteiger partial charge is 0.258 e. The van der Waals surface area contributed by atoms with E-state index in [9.17, 15) is 13.2 Å². The summed E-state index contributed by atoms with van der Waals surface area (Å²) in [7, 11) is -0.651. The molecule has 1 unspecified atom stereocenters. The summed E-state index contributed by atoms with van der Waals surface area (Å²) in [4.78, 5) is 14.6. The summed E-state index contributed by atoms with van der Waals surface area (Å²) in [5.74, 6) is -0.0306. The highest BCUT2D eigenvalue weighted by Crippen LogP contribution is 2.32. The van der Waals surface area contributed by atoms with E-state index in [-0.39, 0.29) is 22.6 Å². The molecule has 2 aromatic rings. The zero-order valence-corrected chi connectivity index (χ0v) is 18.2. The lowest BCUT2D eigenvalue weighted by atomic mass is 10.1. The van der Waals surface area contributed by atoms with Crippen molar-refractivity contribution in [3.8, 4) is 5.75 Å². The first-order valence-electron chi connectivity index (χ1n) is 9.80. The molecule has 2 aromatic carbocycles. The van der Waals surface area contributed by atoms with Crippen molar-refractivity contribution in [1.29, 1.82) is 0 Å². The Hall–Kier alpha value is -2.38. The van der Waals surface area contributed by atoms with Crippen LogP contribution in [0.25, 0.3) is 0 Å². The standard InChI is InChI=1S/C22H28N2O4S/c1-16-8-11-19(12-9-16)23(3)22(25)18-10-13-20(28-4)21(15-18)29(26,27)24-14-6-5-7-17(24)2/h8-13,15,17H,5-7,14H2,1-4H3. The fraction of sp³-hybridized carbons (Fsp3) is 0.409. The Balaban J connectivity index is 1.98. The Morgan fingerprint density at radius 2 is 1.83 bits per heavy atom. The summed E-state index contributed by atoms with van der Waals surface area (Å²) in [6.45, 7) is 4.38. The number of amides is 1.